The molecular formula is C14H18F2N2O. The van der Waals surface area contributed by atoms with E-state index in [1.807, 2.05) is 6.07 Å². The van der Waals surface area contributed by atoms with Crippen molar-refractivity contribution < 1.29 is 13.6 Å². The zero-order chi connectivity index (χ0) is 13.8. The Morgan fingerprint density at radius 3 is 2.95 bits per heavy atom. The van der Waals surface area contributed by atoms with Crippen LogP contribution in [-0.2, 0) is 11.3 Å². The average molecular weight is 268 g/mol. The fourth-order valence-corrected chi connectivity index (χ4v) is 2.28. The van der Waals surface area contributed by atoms with Gasteiger partial charge in [0.1, 0.15) is 0 Å². The van der Waals surface area contributed by atoms with Crippen molar-refractivity contribution in [2.75, 3.05) is 13.6 Å². The molecule has 1 heterocycles. The molecule has 0 radical (unpaired) electrons. The van der Waals surface area contributed by atoms with Crippen molar-refractivity contribution in [3.8, 4) is 0 Å². The molecule has 0 aliphatic carbocycles. The third kappa shape index (κ3) is 3.73. The van der Waals surface area contributed by atoms with Gasteiger partial charge in [-0.3, -0.25) is 4.79 Å². The molecule has 1 amide bonds. The molecule has 0 saturated carbocycles. The van der Waals surface area contributed by atoms with Crippen molar-refractivity contribution in [3.63, 3.8) is 0 Å². The van der Waals surface area contributed by atoms with Gasteiger partial charge in [-0.1, -0.05) is 18.2 Å². The lowest BCUT2D eigenvalue weighted by Gasteiger charge is -2.30. The highest BCUT2D eigenvalue weighted by atomic mass is 19.3. The predicted octanol–water partition coefficient (Wildman–Crippen LogP) is 2.33. The van der Waals surface area contributed by atoms with Gasteiger partial charge in [0, 0.05) is 38.2 Å². The zero-order valence-electron chi connectivity index (χ0n) is 10.9. The molecule has 0 bridgehead atoms. The highest BCUT2D eigenvalue weighted by Gasteiger charge is 2.22. The molecule has 0 spiro atoms. The van der Waals surface area contributed by atoms with Crippen LogP contribution in [0.3, 0.4) is 0 Å². The van der Waals surface area contributed by atoms with Crippen LogP contribution >= 0.6 is 0 Å². The molecule has 1 unspecified atom stereocenters. The number of hydrogen-bond donors (Lipinski definition) is 1. The predicted molar refractivity (Wildman–Crippen MR) is 68.9 cm³/mol. The van der Waals surface area contributed by atoms with E-state index in [1.165, 1.54) is 12.1 Å². The van der Waals surface area contributed by atoms with Gasteiger partial charge < -0.3 is 10.2 Å². The minimum atomic E-state index is -2.43. The first-order valence-electron chi connectivity index (χ1n) is 6.40. The third-order valence-electron chi connectivity index (χ3n) is 3.42. The number of halogens is 2. The second-order valence-electron chi connectivity index (χ2n) is 4.94. The van der Waals surface area contributed by atoms with Crippen LogP contribution in [0, 0.1) is 0 Å². The Kier molecular flexibility index (Phi) is 4.47. The number of hydrogen-bond acceptors (Lipinski definition) is 2. The van der Waals surface area contributed by atoms with Gasteiger partial charge in [-0.25, -0.2) is 8.78 Å². The molecule has 1 atom stereocenters. The second kappa shape index (κ2) is 6.10. The van der Waals surface area contributed by atoms with E-state index in [0.29, 0.717) is 19.5 Å². The van der Waals surface area contributed by atoms with Gasteiger partial charge in [-0.15, -0.1) is 0 Å². The Morgan fingerprint density at radius 2 is 2.26 bits per heavy atom. The first-order valence-corrected chi connectivity index (χ1v) is 6.40. The van der Waals surface area contributed by atoms with E-state index in [0.717, 1.165) is 12.0 Å². The monoisotopic (exact) mass is 268 g/mol. The summed E-state index contributed by atoms with van der Waals surface area (Å²) in [5, 5.41) is 3.32. The molecule has 1 aromatic carbocycles. The van der Waals surface area contributed by atoms with E-state index in [9.17, 15) is 13.6 Å². The van der Waals surface area contributed by atoms with Crippen molar-refractivity contribution >= 4 is 5.91 Å². The summed E-state index contributed by atoms with van der Waals surface area (Å²) in [5.41, 5.74) is 0.896. The number of amides is 1. The number of nitrogens with one attached hydrogen (secondary N) is 1. The van der Waals surface area contributed by atoms with E-state index in [4.69, 9.17) is 0 Å². The smallest absolute Gasteiger partial charge is 0.263 e. The average Bonchev–Trinajstić information content (AvgIpc) is 2.40. The van der Waals surface area contributed by atoms with E-state index in [1.54, 1.807) is 18.0 Å². The number of carbonyl (C=O) groups is 1. The highest BCUT2D eigenvalue weighted by Crippen LogP contribution is 2.19. The van der Waals surface area contributed by atoms with Gasteiger partial charge in [0.05, 0.1) is 0 Å². The number of likely N-dealkylation sites (N-methyl/N-ethyl adjacent to an activating group) is 1. The number of carbonyl (C=O) groups excluding carboxylic acids is 1. The summed E-state index contributed by atoms with van der Waals surface area (Å²) in [5.74, 6) is 0.165. The Hall–Kier alpha value is -1.49. The van der Waals surface area contributed by atoms with Gasteiger partial charge in [0.15, 0.2) is 0 Å². The summed E-state index contributed by atoms with van der Waals surface area (Å²) in [6.07, 6.45) is -1.08. The molecule has 5 heteroatoms. The molecule has 19 heavy (non-hydrogen) atoms. The van der Waals surface area contributed by atoms with Gasteiger partial charge >= 0.3 is 0 Å². The molecule has 104 valence electrons. The van der Waals surface area contributed by atoms with Crippen LogP contribution in [0.25, 0.3) is 0 Å². The normalized spacial score (nSPS) is 20.1. The van der Waals surface area contributed by atoms with Crippen LogP contribution in [-0.4, -0.2) is 30.4 Å². The lowest BCUT2D eigenvalue weighted by molar-refractivity contribution is -0.132. The largest absolute Gasteiger partial charge is 0.344 e. The first kappa shape index (κ1) is 13.9. The van der Waals surface area contributed by atoms with Gasteiger partial charge in [-0.05, 0) is 18.1 Å². The fourth-order valence-electron chi connectivity index (χ4n) is 2.28. The van der Waals surface area contributed by atoms with Crippen LogP contribution < -0.4 is 5.32 Å². The van der Waals surface area contributed by atoms with Crippen LogP contribution in [0.5, 0.6) is 0 Å². The van der Waals surface area contributed by atoms with Gasteiger partial charge in [-0.2, -0.15) is 0 Å². The molecule has 1 aliphatic heterocycles. The molecular weight excluding hydrogens is 250 g/mol. The topological polar surface area (TPSA) is 32.3 Å². The minimum Gasteiger partial charge on any atom is -0.344 e. The lowest BCUT2D eigenvalue weighted by Crippen LogP contribution is -2.46. The highest BCUT2D eigenvalue weighted by molar-refractivity contribution is 5.76. The number of nitrogens with zero attached hydrogens (tertiary/aromatic N) is 1. The molecule has 1 N–H and O–H groups in total. The number of alkyl halides is 2. The molecule has 3 nitrogen and oxygen atoms in total. The van der Waals surface area contributed by atoms with Crippen molar-refractivity contribution in [1.82, 2.24) is 10.2 Å². The minimum absolute atomic E-state index is 0.0511. The van der Waals surface area contributed by atoms with Gasteiger partial charge in [0.2, 0.25) is 5.91 Å². The maximum atomic E-state index is 12.6. The Balaban J connectivity index is 1.88. The second-order valence-corrected chi connectivity index (χ2v) is 4.94. The van der Waals surface area contributed by atoms with E-state index in [-0.39, 0.29) is 17.5 Å². The van der Waals surface area contributed by atoms with Crippen molar-refractivity contribution in [3.05, 3.63) is 35.4 Å². The summed E-state index contributed by atoms with van der Waals surface area (Å²) in [4.78, 5) is 13.1. The molecule has 1 saturated heterocycles. The Morgan fingerprint density at radius 1 is 1.47 bits per heavy atom. The van der Waals surface area contributed by atoms with Gasteiger partial charge in [0.25, 0.3) is 6.43 Å². The third-order valence-corrected chi connectivity index (χ3v) is 3.42. The van der Waals surface area contributed by atoms with Crippen molar-refractivity contribution in [2.24, 2.45) is 0 Å². The molecule has 1 aliphatic rings. The van der Waals surface area contributed by atoms with Crippen molar-refractivity contribution in [2.45, 2.75) is 31.9 Å². The number of rotatable bonds is 4. The maximum Gasteiger partial charge on any atom is 0.263 e. The Labute approximate surface area is 111 Å². The van der Waals surface area contributed by atoms with E-state index < -0.39 is 6.43 Å². The van der Waals surface area contributed by atoms with Crippen LogP contribution in [0.4, 0.5) is 8.78 Å². The summed E-state index contributed by atoms with van der Waals surface area (Å²) in [6.45, 7) is 1.22. The zero-order valence-corrected chi connectivity index (χ0v) is 10.9. The summed E-state index contributed by atoms with van der Waals surface area (Å²) < 4.78 is 25.1. The molecule has 1 aromatic rings. The van der Waals surface area contributed by atoms with Crippen LogP contribution in [0.2, 0.25) is 0 Å². The SMILES string of the molecule is CN1CC(NCc2cccc(C(F)F)c2)CCC1=O. The summed E-state index contributed by atoms with van der Waals surface area (Å²) >= 11 is 0. The lowest BCUT2D eigenvalue weighted by atomic mass is 10.0. The fraction of sp³-hybridized carbons (Fsp3) is 0.500. The number of likely N-dealkylation sites (tertiary alicyclic amines) is 1. The summed E-state index contributed by atoms with van der Waals surface area (Å²) in [6, 6.07) is 6.67. The first-order chi connectivity index (χ1) is 9.06. The van der Waals surface area contributed by atoms with E-state index >= 15 is 0 Å². The maximum absolute atomic E-state index is 12.6. The molecule has 0 aromatic heterocycles. The number of benzene rings is 1. The Bertz CT molecular complexity index is 451. The number of piperidine rings is 1. The van der Waals surface area contributed by atoms with Crippen molar-refractivity contribution in [1.29, 1.82) is 0 Å². The van der Waals surface area contributed by atoms with E-state index in [2.05, 4.69) is 5.32 Å². The van der Waals surface area contributed by atoms with Crippen LogP contribution in [0.15, 0.2) is 24.3 Å². The molecule has 2 rings (SSSR count). The summed E-state index contributed by atoms with van der Waals surface area (Å²) in [7, 11) is 1.79. The standard InChI is InChI=1S/C14H18F2N2O/c1-18-9-12(5-6-13(18)19)17-8-10-3-2-4-11(7-10)14(15)16/h2-4,7,12,14,17H,5-6,8-9H2,1H3. The van der Waals surface area contributed by atoms with Crippen LogP contribution in [0.1, 0.15) is 30.4 Å². The molecule has 1 fully saturated rings. The quantitative estimate of drug-likeness (QED) is 0.909.